The number of hydrogen-bond donors (Lipinski definition) is 1. The molecule has 0 saturated heterocycles. The van der Waals surface area contributed by atoms with Crippen LogP contribution in [0.15, 0.2) is 23.1 Å². The number of nitrogens with one attached hydrogen (secondary N) is 1. The second-order valence-corrected chi connectivity index (χ2v) is 11.9. The zero-order valence-electron chi connectivity index (χ0n) is 17.6. The molecule has 0 atom stereocenters. The molecular weight excluding hydrogens is 418 g/mol. The van der Waals surface area contributed by atoms with Crippen molar-refractivity contribution in [1.82, 2.24) is 10.2 Å². The van der Waals surface area contributed by atoms with E-state index >= 15 is 0 Å². The quantitative estimate of drug-likeness (QED) is 0.702. The van der Waals surface area contributed by atoms with Crippen LogP contribution < -0.4 is 5.32 Å². The van der Waals surface area contributed by atoms with Crippen molar-refractivity contribution >= 4 is 32.2 Å². The minimum atomic E-state index is -3.84. The standard InChI is InChI=1S/C22H29N3O3S2/c1-15-10-11-16(2)18(14-15)30(27,28)22(12-6-7-13-22)20(26)23-21-25-24-19(29-21)17-8-4-3-5-9-17/h10-11,14,17H,3-9,12-13H2,1-2H3,(H,23,25,26). The molecule has 0 radical (unpaired) electrons. The predicted molar refractivity (Wildman–Crippen MR) is 119 cm³/mol. The Hall–Kier alpha value is -1.80. The third-order valence-corrected chi connectivity index (χ3v) is 10.2. The minimum Gasteiger partial charge on any atom is -0.299 e. The third-order valence-electron chi connectivity index (χ3n) is 6.59. The summed E-state index contributed by atoms with van der Waals surface area (Å²) in [4.78, 5) is 13.7. The molecule has 1 N–H and O–H groups in total. The van der Waals surface area contributed by atoms with E-state index in [4.69, 9.17) is 0 Å². The fraction of sp³-hybridized carbons (Fsp3) is 0.591. The van der Waals surface area contributed by atoms with Crippen molar-refractivity contribution in [2.45, 2.75) is 87.2 Å². The average molecular weight is 448 g/mol. The van der Waals surface area contributed by atoms with Gasteiger partial charge in [-0.1, -0.05) is 55.6 Å². The van der Waals surface area contributed by atoms with Crippen molar-refractivity contribution in [2.24, 2.45) is 0 Å². The zero-order valence-corrected chi connectivity index (χ0v) is 19.2. The summed E-state index contributed by atoms with van der Waals surface area (Å²) in [5.74, 6) is -0.0618. The first-order valence-corrected chi connectivity index (χ1v) is 13.1. The van der Waals surface area contributed by atoms with Gasteiger partial charge in [0, 0.05) is 5.92 Å². The number of hydrogen-bond acceptors (Lipinski definition) is 6. The first kappa shape index (κ1) is 21.4. The fourth-order valence-electron chi connectivity index (χ4n) is 4.78. The van der Waals surface area contributed by atoms with E-state index in [-0.39, 0.29) is 4.90 Å². The summed E-state index contributed by atoms with van der Waals surface area (Å²) < 4.78 is 26.0. The number of carbonyl (C=O) groups is 1. The summed E-state index contributed by atoms with van der Waals surface area (Å²) in [5, 5.41) is 12.6. The number of benzene rings is 1. The maximum Gasteiger partial charge on any atom is 0.248 e. The number of aryl methyl sites for hydroxylation is 2. The van der Waals surface area contributed by atoms with Crippen molar-refractivity contribution in [2.75, 3.05) is 5.32 Å². The number of amides is 1. The summed E-state index contributed by atoms with van der Waals surface area (Å²) >= 11 is 1.39. The highest BCUT2D eigenvalue weighted by atomic mass is 32.2. The monoisotopic (exact) mass is 447 g/mol. The van der Waals surface area contributed by atoms with E-state index in [0.29, 0.717) is 29.5 Å². The number of nitrogens with zero attached hydrogens (tertiary/aromatic N) is 2. The molecule has 30 heavy (non-hydrogen) atoms. The topological polar surface area (TPSA) is 89.0 Å². The molecule has 162 valence electrons. The van der Waals surface area contributed by atoms with Gasteiger partial charge in [0.25, 0.3) is 0 Å². The van der Waals surface area contributed by atoms with Crippen molar-refractivity contribution in [3.8, 4) is 0 Å². The van der Waals surface area contributed by atoms with Crippen LogP contribution in [0.4, 0.5) is 5.13 Å². The second kappa shape index (κ2) is 8.38. The Morgan fingerprint density at radius 1 is 1.07 bits per heavy atom. The normalized spacial score (nSPS) is 19.7. The van der Waals surface area contributed by atoms with E-state index in [0.717, 1.165) is 36.3 Å². The molecule has 0 aliphatic heterocycles. The lowest BCUT2D eigenvalue weighted by Gasteiger charge is -2.28. The van der Waals surface area contributed by atoms with Gasteiger partial charge in [0.15, 0.2) is 14.6 Å². The van der Waals surface area contributed by atoms with Gasteiger partial charge in [0.2, 0.25) is 11.0 Å². The molecule has 0 bridgehead atoms. The Morgan fingerprint density at radius 3 is 2.47 bits per heavy atom. The number of rotatable bonds is 5. The van der Waals surface area contributed by atoms with E-state index in [1.54, 1.807) is 13.0 Å². The second-order valence-electron chi connectivity index (χ2n) is 8.71. The van der Waals surface area contributed by atoms with Gasteiger partial charge in [0.1, 0.15) is 5.01 Å². The molecular formula is C22H29N3O3S2. The van der Waals surface area contributed by atoms with E-state index in [1.165, 1.54) is 30.6 Å². The van der Waals surface area contributed by atoms with Gasteiger partial charge in [-0.25, -0.2) is 8.42 Å². The molecule has 0 unspecified atom stereocenters. The van der Waals surface area contributed by atoms with Gasteiger partial charge in [-0.3, -0.25) is 10.1 Å². The van der Waals surface area contributed by atoms with Crippen LogP contribution in [0.5, 0.6) is 0 Å². The fourth-order valence-corrected chi connectivity index (χ4v) is 8.06. The Balaban J connectivity index is 1.62. The summed E-state index contributed by atoms with van der Waals surface area (Å²) in [6.07, 6.45) is 7.98. The number of aromatic nitrogens is 2. The molecule has 1 amide bonds. The largest absolute Gasteiger partial charge is 0.299 e. The molecule has 2 aromatic rings. The van der Waals surface area contributed by atoms with E-state index in [1.807, 2.05) is 19.1 Å². The van der Waals surface area contributed by atoms with Crippen molar-refractivity contribution < 1.29 is 13.2 Å². The van der Waals surface area contributed by atoms with Crippen LogP contribution in [0.1, 0.15) is 79.8 Å². The smallest absolute Gasteiger partial charge is 0.248 e. The lowest BCUT2D eigenvalue weighted by atomic mass is 9.90. The summed E-state index contributed by atoms with van der Waals surface area (Å²) in [6.45, 7) is 3.65. The van der Waals surface area contributed by atoms with Crippen LogP contribution in [-0.4, -0.2) is 29.3 Å². The Bertz CT molecular complexity index is 1030. The van der Waals surface area contributed by atoms with E-state index in [9.17, 15) is 13.2 Å². The van der Waals surface area contributed by atoms with Crippen LogP contribution >= 0.6 is 11.3 Å². The predicted octanol–water partition coefficient (Wildman–Crippen LogP) is 4.93. The van der Waals surface area contributed by atoms with Gasteiger partial charge in [-0.15, -0.1) is 10.2 Å². The zero-order chi connectivity index (χ0) is 21.4. The number of carbonyl (C=O) groups excluding carboxylic acids is 1. The van der Waals surface area contributed by atoms with Gasteiger partial charge in [-0.05, 0) is 56.7 Å². The lowest BCUT2D eigenvalue weighted by molar-refractivity contribution is -0.118. The van der Waals surface area contributed by atoms with Gasteiger partial charge in [-0.2, -0.15) is 0 Å². The van der Waals surface area contributed by atoms with Crippen LogP contribution in [0.2, 0.25) is 0 Å². The first-order chi connectivity index (χ1) is 14.3. The molecule has 2 aliphatic carbocycles. The Labute approximate surface area is 182 Å². The molecule has 1 heterocycles. The van der Waals surface area contributed by atoms with Crippen LogP contribution in [0.25, 0.3) is 0 Å². The average Bonchev–Trinajstić information content (AvgIpc) is 3.41. The molecule has 1 aromatic carbocycles. The summed E-state index contributed by atoms with van der Waals surface area (Å²) in [5.41, 5.74) is 1.55. The highest BCUT2D eigenvalue weighted by Crippen LogP contribution is 2.43. The Kier molecular flexibility index (Phi) is 5.99. The molecule has 1 aromatic heterocycles. The first-order valence-electron chi connectivity index (χ1n) is 10.8. The van der Waals surface area contributed by atoms with Gasteiger partial charge in [0.05, 0.1) is 4.90 Å². The summed E-state index contributed by atoms with van der Waals surface area (Å²) in [7, 11) is -3.84. The highest BCUT2D eigenvalue weighted by Gasteiger charge is 2.53. The molecule has 4 rings (SSSR count). The lowest BCUT2D eigenvalue weighted by Crippen LogP contribution is -2.47. The minimum absolute atomic E-state index is 0.264. The molecule has 0 spiro atoms. The van der Waals surface area contributed by atoms with Crippen LogP contribution in [0, 0.1) is 13.8 Å². The van der Waals surface area contributed by atoms with Crippen molar-refractivity contribution in [3.63, 3.8) is 0 Å². The van der Waals surface area contributed by atoms with Crippen molar-refractivity contribution in [3.05, 3.63) is 34.3 Å². The summed E-state index contributed by atoms with van der Waals surface area (Å²) in [6, 6.07) is 5.39. The van der Waals surface area contributed by atoms with Crippen molar-refractivity contribution in [1.29, 1.82) is 0 Å². The van der Waals surface area contributed by atoms with Gasteiger partial charge < -0.3 is 0 Å². The molecule has 6 nitrogen and oxygen atoms in total. The molecule has 2 fully saturated rings. The van der Waals surface area contributed by atoms with E-state index in [2.05, 4.69) is 15.5 Å². The van der Waals surface area contributed by atoms with E-state index < -0.39 is 20.5 Å². The van der Waals surface area contributed by atoms with Crippen LogP contribution in [-0.2, 0) is 14.6 Å². The SMILES string of the molecule is Cc1ccc(C)c(S(=O)(=O)C2(C(=O)Nc3nnc(C4CCCCC4)s3)CCCC2)c1. The third kappa shape index (κ3) is 3.80. The maximum absolute atomic E-state index is 13.7. The van der Waals surface area contributed by atoms with Crippen LogP contribution in [0.3, 0.4) is 0 Å². The maximum atomic E-state index is 13.7. The molecule has 2 saturated carbocycles. The molecule has 8 heteroatoms. The molecule has 2 aliphatic rings. The van der Waals surface area contributed by atoms with Gasteiger partial charge >= 0.3 is 0 Å². The highest BCUT2D eigenvalue weighted by molar-refractivity contribution is 7.93. The number of anilines is 1. The Morgan fingerprint density at radius 2 is 1.77 bits per heavy atom. The number of sulfone groups is 1.